The molecule has 1 aromatic rings. The topological polar surface area (TPSA) is 67.9 Å². The van der Waals surface area contributed by atoms with E-state index in [0.717, 1.165) is 11.4 Å². The van der Waals surface area contributed by atoms with Crippen LogP contribution in [0.1, 0.15) is 33.6 Å². The Balaban J connectivity index is 1.82. The molecule has 6 heteroatoms. The van der Waals surface area contributed by atoms with Gasteiger partial charge in [-0.3, -0.25) is 4.79 Å². The highest BCUT2D eigenvalue weighted by Gasteiger charge is 2.27. The van der Waals surface area contributed by atoms with Crippen LogP contribution >= 0.6 is 0 Å². The van der Waals surface area contributed by atoms with Gasteiger partial charge in [-0.25, -0.2) is 4.79 Å². The lowest BCUT2D eigenvalue weighted by molar-refractivity contribution is -0.121. The van der Waals surface area contributed by atoms with Gasteiger partial charge in [0.2, 0.25) is 5.91 Å². The molecule has 132 valence electrons. The van der Waals surface area contributed by atoms with Gasteiger partial charge in [0.15, 0.2) is 0 Å². The quantitative estimate of drug-likeness (QED) is 0.897. The van der Waals surface area contributed by atoms with E-state index in [1.165, 1.54) is 0 Å². The van der Waals surface area contributed by atoms with Gasteiger partial charge in [-0.1, -0.05) is 0 Å². The molecule has 1 aliphatic rings. The first-order chi connectivity index (χ1) is 11.5. The average Bonchev–Trinajstić information content (AvgIpc) is 2.56. The fourth-order valence-corrected chi connectivity index (χ4v) is 2.67. The minimum Gasteiger partial charge on any atom is -0.491 e. The maximum atomic E-state index is 12.4. The standard InChI is InChI=1S/C18H26N2O4/c1-4-23-18(22)20-11-9-14(10-12-20)17(21)19-15-5-7-16(8-6-15)24-13(2)3/h5-8,13-14H,4,9-12H2,1-3H3,(H,19,21). The van der Waals surface area contributed by atoms with Crippen molar-refractivity contribution in [3.63, 3.8) is 0 Å². The van der Waals surface area contributed by atoms with Gasteiger partial charge in [0.05, 0.1) is 12.7 Å². The van der Waals surface area contributed by atoms with Crippen LogP contribution in [0.2, 0.25) is 0 Å². The van der Waals surface area contributed by atoms with Gasteiger partial charge in [0, 0.05) is 24.7 Å². The summed E-state index contributed by atoms with van der Waals surface area (Å²) in [7, 11) is 0. The van der Waals surface area contributed by atoms with Crippen molar-refractivity contribution in [1.29, 1.82) is 0 Å². The molecule has 0 unspecified atom stereocenters. The van der Waals surface area contributed by atoms with Crippen LogP contribution < -0.4 is 10.1 Å². The Morgan fingerprint density at radius 2 is 1.83 bits per heavy atom. The third-order valence-electron chi connectivity index (χ3n) is 3.89. The van der Waals surface area contributed by atoms with Crippen molar-refractivity contribution in [3.8, 4) is 5.75 Å². The van der Waals surface area contributed by atoms with Crippen molar-refractivity contribution in [2.75, 3.05) is 25.0 Å². The number of piperidine rings is 1. The monoisotopic (exact) mass is 334 g/mol. The normalized spacial score (nSPS) is 15.2. The largest absolute Gasteiger partial charge is 0.491 e. The summed E-state index contributed by atoms with van der Waals surface area (Å²) in [6.45, 7) is 7.21. The number of likely N-dealkylation sites (tertiary alicyclic amines) is 1. The predicted octanol–water partition coefficient (Wildman–Crippen LogP) is 3.28. The Morgan fingerprint density at radius 3 is 2.38 bits per heavy atom. The summed E-state index contributed by atoms with van der Waals surface area (Å²) in [5.74, 6) is 0.698. The Bertz CT molecular complexity index is 549. The minimum atomic E-state index is -0.294. The summed E-state index contributed by atoms with van der Waals surface area (Å²) in [6, 6.07) is 7.37. The van der Waals surface area contributed by atoms with Gasteiger partial charge < -0.3 is 19.7 Å². The van der Waals surface area contributed by atoms with Gasteiger partial charge in [0.1, 0.15) is 5.75 Å². The number of nitrogens with one attached hydrogen (secondary N) is 1. The van der Waals surface area contributed by atoms with Crippen LogP contribution in [0.15, 0.2) is 24.3 Å². The van der Waals surface area contributed by atoms with Crippen molar-refractivity contribution in [2.24, 2.45) is 5.92 Å². The average molecular weight is 334 g/mol. The summed E-state index contributed by atoms with van der Waals surface area (Å²) < 4.78 is 10.6. The molecule has 0 aliphatic carbocycles. The Labute approximate surface area is 143 Å². The van der Waals surface area contributed by atoms with E-state index in [1.807, 2.05) is 38.1 Å². The van der Waals surface area contributed by atoms with Gasteiger partial charge in [0.25, 0.3) is 0 Å². The van der Waals surface area contributed by atoms with E-state index in [0.29, 0.717) is 32.5 Å². The first-order valence-corrected chi connectivity index (χ1v) is 8.49. The van der Waals surface area contributed by atoms with E-state index < -0.39 is 0 Å². The minimum absolute atomic E-state index is 0.00367. The first kappa shape index (κ1) is 18.1. The fourth-order valence-electron chi connectivity index (χ4n) is 2.67. The lowest BCUT2D eigenvalue weighted by Crippen LogP contribution is -2.41. The number of amides is 2. The van der Waals surface area contributed by atoms with Gasteiger partial charge >= 0.3 is 6.09 Å². The van der Waals surface area contributed by atoms with Crippen LogP contribution in [0, 0.1) is 5.92 Å². The molecule has 1 fully saturated rings. The highest BCUT2D eigenvalue weighted by molar-refractivity contribution is 5.92. The fraction of sp³-hybridized carbons (Fsp3) is 0.556. The van der Waals surface area contributed by atoms with Crippen LogP contribution in [-0.4, -0.2) is 42.7 Å². The van der Waals surface area contributed by atoms with E-state index in [1.54, 1.807) is 11.8 Å². The molecule has 0 saturated carbocycles. The molecule has 1 heterocycles. The zero-order chi connectivity index (χ0) is 17.5. The molecule has 2 rings (SSSR count). The molecule has 1 saturated heterocycles. The molecule has 1 aliphatic heterocycles. The zero-order valence-electron chi connectivity index (χ0n) is 14.6. The Morgan fingerprint density at radius 1 is 1.21 bits per heavy atom. The Hall–Kier alpha value is -2.24. The molecule has 0 aromatic heterocycles. The molecule has 2 amide bonds. The van der Waals surface area contributed by atoms with Crippen LogP contribution in [0.4, 0.5) is 10.5 Å². The second kappa shape index (κ2) is 8.57. The number of hydrogen-bond acceptors (Lipinski definition) is 4. The van der Waals surface area contributed by atoms with Crippen molar-refractivity contribution in [1.82, 2.24) is 4.90 Å². The molecule has 6 nitrogen and oxygen atoms in total. The molecule has 0 bridgehead atoms. The van der Waals surface area contributed by atoms with E-state index in [9.17, 15) is 9.59 Å². The highest BCUT2D eigenvalue weighted by Crippen LogP contribution is 2.21. The maximum Gasteiger partial charge on any atom is 0.409 e. The molecular formula is C18H26N2O4. The summed E-state index contributed by atoms with van der Waals surface area (Å²) >= 11 is 0. The van der Waals surface area contributed by atoms with Crippen LogP contribution in [0.25, 0.3) is 0 Å². The molecule has 0 atom stereocenters. The lowest BCUT2D eigenvalue weighted by atomic mass is 9.96. The van der Waals surface area contributed by atoms with E-state index in [-0.39, 0.29) is 24.0 Å². The SMILES string of the molecule is CCOC(=O)N1CCC(C(=O)Nc2ccc(OC(C)C)cc2)CC1. The van der Waals surface area contributed by atoms with Gasteiger partial charge in [-0.2, -0.15) is 0 Å². The van der Waals surface area contributed by atoms with Crippen LogP contribution in [-0.2, 0) is 9.53 Å². The van der Waals surface area contributed by atoms with Crippen molar-refractivity contribution < 1.29 is 19.1 Å². The van der Waals surface area contributed by atoms with Crippen molar-refractivity contribution >= 4 is 17.7 Å². The molecule has 0 spiro atoms. The van der Waals surface area contributed by atoms with E-state index in [4.69, 9.17) is 9.47 Å². The third-order valence-corrected chi connectivity index (χ3v) is 3.89. The van der Waals surface area contributed by atoms with Crippen LogP contribution in [0.3, 0.4) is 0 Å². The predicted molar refractivity (Wildman–Crippen MR) is 92.2 cm³/mol. The number of nitrogens with zero attached hydrogens (tertiary/aromatic N) is 1. The number of carbonyl (C=O) groups is 2. The second-order valence-electron chi connectivity index (χ2n) is 6.14. The van der Waals surface area contributed by atoms with Crippen LogP contribution in [0.5, 0.6) is 5.75 Å². The Kier molecular flexibility index (Phi) is 6.46. The second-order valence-corrected chi connectivity index (χ2v) is 6.14. The molecule has 0 radical (unpaired) electrons. The maximum absolute atomic E-state index is 12.4. The summed E-state index contributed by atoms with van der Waals surface area (Å²) in [6.07, 6.45) is 1.13. The number of anilines is 1. The molecular weight excluding hydrogens is 308 g/mol. The summed E-state index contributed by atoms with van der Waals surface area (Å²) in [5.41, 5.74) is 0.754. The highest BCUT2D eigenvalue weighted by atomic mass is 16.6. The zero-order valence-corrected chi connectivity index (χ0v) is 14.6. The smallest absolute Gasteiger partial charge is 0.409 e. The molecule has 1 N–H and O–H groups in total. The molecule has 24 heavy (non-hydrogen) atoms. The number of benzene rings is 1. The van der Waals surface area contributed by atoms with Gasteiger partial charge in [-0.15, -0.1) is 0 Å². The van der Waals surface area contributed by atoms with Gasteiger partial charge in [-0.05, 0) is 57.9 Å². The number of carbonyl (C=O) groups excluding carboxylic acids is 2. The number of rotatable bonds is 5. The number of hydrogen-bond donors (Lipinski definition) is 1. The first-order valence-electron chi connectivity index (χ1n) is 8.49. The lowest BCUT2D eigenvalue weighted by Gasteiger charge is -2.30. The van der Waals surface area contributed by atoms with E-state index in [2.05, 4.69) is 5.32 Å². The van der Waals surface area contributed by atoms with Crippen molar-refractivity contribution in [3.05, 3.63) is 24.3 Å². The summed E-state index contributed by atoms with van der Waals surface area (Å²) in [5, 5.41) is 2.93. The third kappa shape index (κ3) is 5.15. The number of ether oxygens (including phenoxy) is 2. The van der Waals surface area contributed by atoms with E-state index >= 15 is 0 Å². The summed E-state index contributed by atoms with van der Waals surface area (Å²) in [4.78, 5) is 25.7. The van der Waals surface area contributed by atoms with Crippen molar-refractivity contribution in [2.45, 2.75) is 39.7 Å². The molecule has 1 aromatic carbocycles.